The Balaban J connectivity index is 2.25. The molecule has 4 nitrogen and oxygen atoms in total. The van der Waals surface area contributed by atoms with Gasteiger partial charge in [-0.25, -0.2) is 0 Å². The minimum atomic E-state index is 0.779. The van der Waals surface area contributed by atoms with Gasteiger partial charge >= 0.3 is 0 Å². The number of rotatable bonds is 4. The molecule has 2 N–H and O–H groups in total. The zero-order valence-electron chi connectivity index (χ0n) is 10.8. The maximum atomic E-state index is 6.09. The second-order valence-corrected chi connectivity index (χ2v) is 4.98. The molecule has 0 fully saturated rings. The van der Waals surface area contributed by atoms with Gasteiger partial charge < -0.3 is 10.5 Å². The van der Waals surface area contributed by atoms with Crippen LogP contribution in [0.1, 0.15) is 12.6 Å². The molecular weight excluding hydrogens is 246 g/mol. The quantitative estimate of drug-likeness (QED) is 0.921. The molecule has 0 unspecified atom stereocenters. The van der Waals surface area contributed by atoms with E-state index in [-0.39, 0.29) is 0 Å². The minimum Gasteiger partial charge on any atom is -0.497 e. The highest BCUT2D eigenvalue weighted by molar-refractivity contribution is 7.99. The molecule has 0 amide bonds. The number of nitrogens with two attached hydrogens (primary N) is 1. The molecule has 18 heavy (non-hydrogen) atoms. The van der Waals surface area contributed by atoms with Crippen molar-refractivity contribution in [3.05, 3.63) is 30.0 Å². The van der Waals surface area contributed by atoms with E-state index in [0.29, 0.717) is 0 Å². The molecule has 5 heteroatoms. The summed E-state index contributed by atoms with van der Waals surface area (Å²) >= 11 is 1.62. The van der Waals surface area contributed by atoms with Crippen molar-refractivity contribution < 1.29 is 4.74 Å². The molecule has 1 aromatic heterocycles. The van der Waals surface area contributed by atoms with E-state index in [1.807, 2.05) is 36.0 Å². The van der Waals surface area contributed by atoms with Gasteiger partial charge in [-0.05, 0) is 30.7 Å². The molecule has 0 aliphatic carbocycles. The fraction of sp³-hybridized carbons (Fsp3) is 0.308. The van der Waals surface area contributed by atoms with Crippen molar-refractivity contribution in [2.24, 2.45) is 7.05 Å². The molecule has 0 saturated carbocycles. The third-order valence-corrected chi connectivity index (χ3v) is 3.90. The van der Waals surface area contributed by atoms with E-state index in [2.05, 4.69) is 12.0 Å². The number of hydrogen-bond acceptors (Lipinski definition) is 4. The fourth-order valence-corrected chi connectivity index (χ4v) is 2.61. The first kappa shape index (κ1) is 12.8. The van der Waals surface area contributed by atoms with E-state index >= 15 is 0 Å². The highest BCUT2D eigenvalue weighted by Crippen LogP contribution is 2.34. The smallest absolute Gasteiger partial charge is 0.122 e. The summed E-state index contributed by atoms with van der Waals surface area (Å²) < 4.78 is 6.97. The Labute approximate surface area is 111 Å². The van der Waals surface area contributed by atoms with Gasteiger partial charge in [0.25, 0.3) is 0 Å². The molecule has 0 aliphatic rings. The Hall–Kier alpha value is -1.62. The Bertz CT molecular complexity index is 534. The van der Waals surface area contributed by atoms with Crippen molar-refractivity contribution in [3.63, 3.8) is 0 Å². The molecule has 1 aromatic carbocycles. The second-order valence-electron chi connectivity index (χ2n) is 3.92. The van der Waals surface area contributed by atoms with E-state index in [9.17, 15) is 0 Å². The van der Waals surface area contributed by atoms with Crippen molar-refractivity contribution in [1.29, 1.82) is 0 Å². The van der Waals surface area contributed by atoms with Crippen molar-refractivity contribution in [3.8, 4) is 5.75 Å². The summed E-state index contributed by atoms with van der Waals surface area (Å²) in [7, 11) is 3.58. The summed E-state index contributed by atoms with van der Waals surface area (Å²) in [5, 5.41) is 5.39. The van der Waals surface area contributed by atoms with Crippen molar-refractivity contribution in [2.75, 3.05) is 12.8 Å². The van der Waals surface area contributed by atoms with Crippen LogP contribution in [0.15, 0.2) is 34.2 Å². The largest absolute Gasteiger partial charge is 0.497 e. The fourth-order valence-electron chi connectivity index (χ4n) is 1.72. The van der Waals surface area contributed by atoms with Crippen LogP contribution in [0.2, 0.25) is 0 Å². The number of hydrogen-bond donors (Lipinski definition) is 1. The minimum absolute atomic E-state index is 0.779. The van der Waals surface area contributed by atoms with Crippen molar-refractivity contribution >= 4 is 17.4 Å². The van der Waals surface area contributed by atoms with Crippen LogP contribution in [0.3, 0.4) is 0 Å². The first-order valence-electron chi connectivity index (χ1n) is 5.79. The molecule has 2 rings (SSSR count). The van der Waals surface area contributed by atoms with Gasteiger partial charge in [-0.15, -0.1) is 0 Å². The molecule has 0 saturated heterocycles. The number of methoxy groups -OCH3 is 1. The van der Waals surface area contributed by atoms with Crippen LogP contribution in [-0.4, -0.2) is 16.9 Å². The zero-order valence-corrected chi connectivity index (χ0v) is 11.6. The number of benzene rings is 1. The maximum absolute atomic E-state index is 6.09. The second kappa shape index (κ2) is 5.35. The lowest BCUT2D eigenvalue weighted by molar-refractivity contribution is 0.414. The third kappa shape index (κ3) is 2.46. The number of aryl methyl sites for hydroxylation is 2. The van der Waals surface area contributed by atoms with Gasteiger partial charge in [0.15, 0.2) is 0 Å². The molecule has 0 aliphatic heterocycles. The summed E-state index contributed by atoms with van der Waals surface area (Å²) in [5.41, 5.74) is 7.82. The summed E-state index contributed by atoms with van der Waals surface area (Å²) in [5.74, 6) is 0.853. The van der Waals surface area contributed by atoms with Crippen molar-refractivity contribution in [1.82, 2.24) is 9.78 Å². The van der Waals surface area contributed by atoms with Gasteiger partial charge in [0.05, 0.1) is 18.5 Å². The number of aromatic nitrogens is 2. The Morgan fingerprint density at radius 3 is 2.50 bits per heavy atom. The molecule has 1 heterocycles. The van der Waals surface area contributed by atoms with E-state index in [1.165, 1.54) is 0 Å². The van der Waals surface area contributed by atoms with E-state index in [1.54, 1.807) is 18.9 Å². The van der Waals surface area contributed by atoms with Crippen LogP contribution >= 0.6 is 11.8 Å². The van der Waals surface area contributed by atoms with Gasteiger partial charge in [-0.1, -0.05) is 18.7 Å². The van der Waals surface area contributed by atoms with Crippen LogP contribution in [0.4, 0.5) is 5.69 Å². The van der Waals surface area contributed by atoms with Gasteiger partial charge in [0.1, 0.15) is 10.8 Å². The lowest BCUT2D eigenvalue weighted by Crippen LogP contribution is -1.93. The Morgan fingerprint density at radius 2 is 2.00 bits per heavy atom. The highest BCUT2D eigenvalue weighted by atomic mass is 32.2. The van der Waals surface area contributed by atoms with Gasteiger partial charge in [-0.3, -0.25) is 4.68 Å². The predicted molar refractivity (Wildman–Crippen MR) is 74.1 cm³/mol. The topological polar surface area (TPSA) is 53.1 Å². The highest BCUT2D eigenvalue weighted by Gasteiger charge is 2.13. The van der Waals surface area contributed by atoms with Crippen LogP contribution in [-0.2, 0) is 13.5 Å². The monoisotopic (exact) mass is 263 g/mol. The van der Waals surface area contributed by atoms with E-state index < -0.39 is 0 Å². The number of anilines is 1. The summed E-state index contributed by atoms with van der Waals surface area (Å²) in [6.45, 7) is 2.06. The summed E-state index contributed by atoms with van der Waals surface area (Å²) in [6, 6.07) is 7.91. The Kier molecular flexibility index (Phi) is 3.81. The number of ether oxygens (including phenoxy) is 1. The summed E-state index contributed by atoms with van der Waals surface area (Å²) in [6.07, 6.45) is 0.850. The van der Waals surface area contributed by atoms with Crippen molar-refractivity contribution in [2.45, 2.75) is 23.3 Å². The predicted octanol–water partition coefficient (Wildman–Crippen LogP) is 2.72. The van der Waals surface area contributed by atoms with Crippen LogP contribution in [0.25, 0.3) is 0 Å². The molecule has 0 radical (unpaired) electrons. The lowest BCUT2D eigenvalue weighted by Gasteiger charge is -2.04. The zero-order chi connectivity index (χ0) is 13.1. The van der Waals surface area contributed by atoms with Gasteiger partial charge in [0, 0.05) is 11.9 Å². The van der Waals surface area contributed by atoms with Gasteiger partial charge in [0.2, 0.25) is 0 Å². The third-order valence-electron chi connectivity index (χ3n) is 2.71. The number of nitrogens with zero attached hydrogens (tertiary/aromatic N) is 2. The van der Waals surface area contributed by atoms with E-state index in [4.69, 9.17) is 10.5 Å². The SMILES string of the molecule is CCc1nn(C)c(Sc2ccc(OC)cc2)c1N. The normalized spacial score (nSPS) is 10.6. The average Bonchev–Trinajstić information content (AvgIpc) is 2.67. The molecular formula is C13H17N3OS. The van der Waals surface area contributed by atoms with Gasteiger partial charge in [-0.2, -0.15) is 5.10 Å². The lowest BCUT2D eigenvalue weighted by atomic mass is 10.3. The Morgan fingerprint density at radius 1 is 1.33 bits per heavy atom. The molecule has 0 atom stereocenters. The standard InChI is InChI=1S/C13H17N3OS/c1-4-11-12(14)13(16(2)15-11)18-10-7-5-9(17-3)6-8-10/h5-8H,4,14H2,1-3H3. The molecule has 96 valence electrons. The molecule has 0 spiro atoms. The van der Waals surface area contributed by atoms with Crippen LogP contribution in [0, 0.1) is 0 Å². The average molecular weight is 263 g/mol. The van der Waals surface area contributed by atoms with Crippen LogP contribution < -0.4 is 10.5 Å². The summed E-state index contributed by atoms with van der Waals surface area (Å²) in [4.78, 5) is 1.12. The molecule has 2 aromatic rings. The number of nitrogen functional groups attached to an aromatic ring is 1. The van der Waals surface area contributed by atoms with E-state index in [0.717, 1.165) is 33.5 Å². The first-order valence-corrected chi connectivity index (χ1v) is 6.60. The molecule has 0 bridgehead atoms. The van der Waals surface area contributed by atoms with Crippen LogP contribution in [0.5, 0.6) is 5.75 Å². The first-order chi connectivity index (χ1) is 8.65. The maximum Gasteiger partial charge on any atom is 0.122 e.